The summed E-state index contributed by atoms with van der Waals surface area (Å²) >= 11 is 0.992. The zero-order chi connectivity index (χ0) is 22.4. The van der Waals surface area contributed by atoms with E-state index in [0.717, 1.165) is 28.5 Å². The summed E-state index contributed by atoms with van der Waals surface area (Å²) in [5.74, 6) is 0.345. The first-order chi connectivity index (χ1) is 13.9. The standard InChI is InChI=1S/C22H32N2O4S2/c1-13(2)16-9-18(14(3)4)21(19(10-16)15(5)6)30(27,28)23-8-7-17(11-23)24-20(25)12-29-22(24)26/h9-10,13-15,17H,7-8,11-12H2,1-6H3. The molecule has 30 heavy (non-hydrogen) atoms. The van der Waals surface area contributed by atoms with Gasteiger partial charge in [-0.1, -0.05) is 65.4 Å². The number of benzene rings is 1. The molecular weight excluding hydrogens is 420 g/mol. The molecule has 0 aromatic heterocycles. The number of hydrogen-bond acceptors (Lipinski definition) is 5. The topological polar surface area (TPSA) is 74.8 Å². The monoisotopic (exact) mass is 452 g/mol. The van der Waals surface area contributed by atoms with Crippen LogP contribution in [0.25, 0.3) is 0 Å². The molecule has 3 rings (SSSR count). The lowest BCUT2D eigenvalue weighted by molar-refractivity contribution is -0.126. The third-order valence-corrected chi connectivity index (χ3v) is 8.79. The fourth-order valence-electron chi connectivity index (χ4n) is 4.17. The first-order valence-electron chi connectivity index (χ1n) is 10.6. The highest BCUT2D eigenvalue weighted by Crippen LogP contribution is 2.38. The van der Waals surface area contributed by atoms with E-state index in [1.807, 2.05) is 39.8 Å². The summed E-state index contributed by atoms with van der Waals surface area (Å²) in [4.78, 5) is 25.9. The van der Waals surface area contributed by atoms with Crippen LogP contribution >= 0.6 is 11.8 Å². The Balaban J connectivity index is 2.04. The predicted molar refractivity (Wildman–Crippen MR) is 121 cm³/mol. The molecule has 2 fully saturated rings. The summed E-state index contributed by atoms with van der Waals surface area (Å²) < 4.78 is 29.1. The van der Waals surface area contributed by atoms with Crippen molar-refractivity contribution >= 4 is 32.9 Å². The Morgan fingerprint density at radius 2 is 1.53 bits per heavy atom. The molecule has 6 nitrogen and oxygen atoms in total. The van der Waals surface area contributed by atoms with Crippen molar-refractivity contribution in [1.29, 1.82) is 0 Å². The van der Waals surface area contributed by atoms with Crippen LogP contribution in [0.4, 0.5) is 4.79 Å². The summed E-state index contributed by atoms with van der Waals surface area (Å²) in [6, 6.07) is 3.69. The van der Waals surface area contributed by atoms with Gasteiger partial charge in [0.2, 0.25) is 15.9 Å². The maximum absolute atomic E-state index is 13.8. The number of thioether (sulfide) groups is 1. The van der Waals surface area contributed by atoms with Gasteiger partial charge in [0.1, 0.15) is 0 Å². The fourth-order valence-corrected chi connectivity index (χ4v) is 7.11. The van der Waals surface area contributed by atoms with Gasteiger partial charge in [-0.15, -0.1) is 0 Å². The number of amides is 2. The van der Waals surface area contributed by atoms with Crippen LogP contribution in [0, 0.1) is 0 Å². The SMILES string of the molecule is CC(C)c1cc(C(C)C)c(S(=O)(=O)N2CCC(N3C(=O)CSC3=O)C2)c(C(C)C)c1. The molecule has 2 saturated heterocycles. The van der Waals surface area contributed by atoms with Gasteiger partial charge in [0, 0.05) is 13.1 Å². The zero-order valence-corrected chi connectivity index (χ0v) is 20.3. The number of carbonyl (C=O) groups is 2. The lowest BCUT2D eigenvalue weighted by atomic mass is 9.89. The van der Waals surface area contributed by atoms with Crippen LogP contribution in [0.2, 0.25) is 0 Å². The Morgan fingerprint density at radius 1 is 0.967 bits per heavy atom. The van der Waals surface area contributed by atoms with Gasteiger partial charge in [0.05, 0.1) is 16.7 Å². The Bertz CT molecular complexity index is 909. The molecule has 2 heterocycles. The summed E-state index contributed by atoms with van der Waals surface area (Å²) in [7, 11) is -3.75. The molecule has 1 atom stereocenters. The lowest BCUT2D eigenvalue weighted by Gasteiger charge is -2.26. The maximum atomic E-state index is 13.8. The third kappa shape index (κ3) is 4.18. The molecule has 166 valence electrons. The lowest BCUT2D eigenvalue weighted by Crippen LogP contribution is -2.41. The van der Waals surface area contributed by atoms with Crippen LogP contribution in [-0.4, -0.2) is 53.7 Å². The highest BCUT2D eigenvalue weighted by Gasteiger charge is 2.43. The number of sulfonamides is 1. The van der Waals surface area contributed by atoms with Gasteiger partial charge in [-0.2, -0.15) is 4.31 Å². The first kappa shape index (κ1) is 23.3. The molecule has 0 radical (unpaired) electrons. The van der Waals surface area contributed by atoms with E-state index in [0.29, 0.717) is 23.8 Å². The van der Waals surface area contributed by atoms with E-state index in [4.69, 9.17) is 0 Å². The van der Waals surface area contributed by atoms with E-state index in [1.165, 1.54) is 9.21 Å². The molecule has 2 amide bonds. The van der Waals surface area contributed by atoms with Crippen molar-refractivity contribution in [2.24, 2.45) is 0 Å². The fraction of sp³-hybridized carbons (Fsp3) is 0.636. The highest BCUT2D eigenvalue weighted by molar-refractivity contribution is 8.14. The minimum Gasteiger partial charge on any atom is -0.273 e. The summed E-state index contributed by atoms with van der Waals surface area (Å²) in [5, 5.41) is -0.267. The van der Waals surface area contributed by atoms with Crippen LogP contribution < -0.4 is 0 Å². The maximum Gasteiger partial charge on any atom is 0.289 e. The Morgan fingerprint density at radius 3 is 1.97 bits per heavy atom. The largest absolute Gasteiger partial charge is 0.289 e. The van der Waals surface area contributed by atoms with Gasteiger partial charge >= 0.3 is 0 Å². The smallest absolute Gasteiger partial charge is 0.273 e. The van der Waals surface area contributed by atoms with Crippen LogP contribution in [-0.2, 0) is 14.8 Å². The highest BCUT2D eigenvalue weighted by atomic mass is 32.2. The van der Waals surface area contributed by atoms with Crippen molar-refractivity contribution in [2.75, 3.05) is 18.8 Å². The molecule has 2 aliphatic rings. The van der Waals surface area contributed by atoms with Crippen molar-refractivity contribution < 1.29 is 18.0 Å². The van der Waals surface area contributed by atoms with Gasteiger partial charge in [-0.25, -0.2) is 8.42 Å². The molecule has 0 bridgehead atoms. The molecule has 0 N–H and O–H groups in total. The van der Waals surface area contributed by atoms with Crippen LogP contribution in [0.5, 0.6) is 0 Å². The third-order valence-electron chi connectivity index (χ3n) is 5.95. The Kier molecular flexibility index (Phi) is 6.70. The van der Waals surface area contributed by atoms with E-state index >= 15 is 0 Å². The van der Waals surface area contributed by atoms with E-state index < -0.39 is 10.0 Å². The average molecular weight is 453 g/mol. The zero-order valence-electron chi connectivity index (χ0n) is 18.6. The molecular formula is C22H32N2O4S2. The number of hydrogen-bond donors (Lipinski definition) is 0. The van der Waals surface area contributed by atoms with Crippen LogP contribution in [0.1, 0.15) is 82.4 Å². The number of imide groups is 1. The second-order valence-corrected chi connectivity index (χ2v) is 11.9. The van der Waals surface area contributed by atoms with E-state index in [9.17, 15) is 18.0 Å². The Labute approximate surface area is 184 Å². The summed E-state index contributed by atoms with van der Waals surface area (Å²) in [6.45, 7) is 12.8. The summed E-state index contributed by atoms with van der Waals surface area (Å²) in [5.41, 5.74) is 2.83. The second-order valence-electron chi connectivity index (χ2n) is 9.12. The molecule has 0 spiro atoms. The minimum absolute atomic E-state index is 0.0579. The average Bonchev–Trinajstić information content (AvgIpc) is 3.27. The van der Waals surface area contributed by atoms with Crippen molar-refractivity contribution in [3.8, 4) is 0 Å². The quantitative estimate of drug-likeness (QED) is 0.635. The van der Waals surface area contributed by atoms with Crippen LogP contribution in [0.15, 0.2) is 17.0 Å². The van der Waals surface area contributed by atoms with Crippen molar-refractivity contribution in [2.45, 2.75) is 76.7 Å². The van der Waals surface area contributed by atoms with Crippen molar-refractivity contribution in [3.63, 3.8) is 0 Å². The molecule has 1 aromatic carbocycles. The van der Waals surface area contributed by atoms with Gasteiger partial charge < -0.3 is 0 Å². The van der Waals surface area contributed by atoms with Crippen LogP contribution in [0.3, 0.4) is 0 Å². The van der Waals surface area contributed by atoms with E-state index in [-0.39, 0.29) is 41.3 Å². The second kappa shape index (κ2) is 8.63. The molecule has 0 aliphatic carbocycles. The molecule has 0 saturated carbocycles. The van der Waals surface area contributed by atoms with Gasteiger partial charge in [-0.05, 0) is 40.9 Å². The first-order valence-corrected chi connectivity index (χ1v) is 13.0. The number of carbonyl (C=O) groups excluding carboxylic acids is 2. The number of rotatable bonds is 6. The molecule has 1 unspecified atom stereocenters. The van der Waals surface area contributed by atoms with Crippen molar-refractivity contribution in [1.82, 2.24) is 9.21 Å². The van der Waals surface area contributed by atoms with Gasteiger partial charge in [-0.3, -0.25) is 14.5 Å². The predicted octanol–water partition coefficient (Wildman–Crippen LogP) is 4.52. The van der Waals surface area contributed by atoms with Gasteiger partial charge in [0.15, 0.2) is 0 Å². The number of nitrogens with zero attached hydrogens (tertiary/aromatic N) is 2. The Hall–Kier alpha value is -1.38. The molecule has 2 aliphatic heterocycles. The van der Waals surface area contributed by atoms with Crippen molar-refractivity contribution in [3.05, 3.63) is 28.8 Å². The summed E-state index contributed by atoms with van der Waals surface area (Å²) in [6.07, 6.45) is 0.482. The van der Waals surface area contributed by atoms with E-state index in [1.54, 1.807) is 0 Å². The normalized spacial score (nSPS) is 21.1. The molecule has 1 aromatic rings. The van der Waals surface area contributed by atoms with E-state index in [2.05, 4.69) is 13.8 Å². The van der Waals surface area contributed by atoms with Gasteiger partial charge in [0.25, 0.3) is 5.24 Å². The molecule has 8 heteroatoms. The minimum atomic E-state index is -3.75.